The molecule has 0 saturated carbocycles. The Morgan fingerprint density at radius 2 is 1.77 bits per heavy atom. The summed E-state index contributed by atoms with van der Waals surface area (Å²) >= 11 is 0. The molecule has 0 atom stereocenters. The highest BCUT2D eigenvalue weighted by molar-refractivity contribution is 5.79. The third kappa shape index (κ3) is 4.14. The van der Waals surface area contributed by atoms with Crippen molar-refractivity contribution in [1.82, 2.24) is 19.9 Å². The van der Waals surface area contributed by atoms with Crippen LogP contribution in [0, 0.1) is 6.92 Å². The first-order valence-corrected chi connectivity index (χ1v) is 9.00. The molecule has 3 aromatic heterocycles. The summed E-state index contributed by atoms with van der Waals surface area (Å²) in [6.07, 6.45) is 3.62. The van der Waals surface area contributed by atoms with Crippen LogP contribution in [0.25, 0.3) is 22.5 Å². The third-order valence-electron chi connectivity index (χ3n) is 4.47. The van der Waals surface area contributed by atoms with Gasteiger partial charge in [0, 0.05) is 36.3 Å². The zero-order chi connectivity index (χ0) is 21.1. The number of halogens is 3. The Morgan fingerprint density at radius 3 is 2.40 bits per heavy atom. The SMILES string of the molecule is Cc1occc1-c1nc(NCc2ccc(C(F)(F)F)cc2)ncc1-c1cnccn1. The lowest BCUT2D eigenvalue weighted by Gasteiger charge is -2.11. The van der Waals surface area contributed by atoms with Crippen molar-refractivity contribution in [3.05, 3.63) is 78.3 Å². The topological polar surface area (TPSA) is 76.7 Å². The van der Waals surface area contributed by atoms with Gasteiger partial charge in [0.05, 0.1) is 29.4 Å². The van der Waals surface area contributed by atoms with E-state index in [2.05, 4.69) is 25.3 Å². The second kappa shape index (κ2) is 7.94. The maximum Gasteiger partial charge on any atom is 0.416 e. The summed E-state index contributed by atoms with van der Waals surface area (Å²) in [6, 6.07) is 6.75. The summed E-state index contributed by atoms with van der Waals surface area (Å²) in [4.78, 5) is 17.3. The first-order valence-electron chi connectivity index (χ1n) is 9.00. The zero-order valence-electron chi connectivity index (χ0n) is 15.8. The third-order valence-corrected chi connectivity index (χ3v) is 4.47. The second-order valence-corrected chi connectivity index (χ2v) is 6.49. The summed E-state index contributed by atoms with van der Waals surface area (Å²) in [5, 5.41) is 3.05. The number of nitrogens with one attached hydrogen (secondary N) is 1. The van der Waals surface area contributed by atoms with Gasteiger partial charge in [-0.1, -0.05) is 12.1 Å². The molecule has 30 heavy (non-hydrogen) atoms. The van der Waals surface area contributed by atoms with E-state index >= 15 is 0 Å². The first-order chi connectivity index (χ1) is 14.4. The van der Waals surface area contributed by atoms with Crippen molar-refractivity contribution in [2.45, 2.75) is 19.6 Å². The van der Waals surface area contributed by atoms with E-state index in [1.54, 1.807) is 37.1 Å². The highest BCUT2D eigenvalue weighted by Gasteiger charge is 2.29. The molecule has 1 N–H and O–H groups in total. The number of hydrogen-bond acceptors (Lipinski definition) is 6. The second-order valence-electron chi connectivity index (χ2n) is 6.49. The van der Waals surface area contributed by atoms with Gasteiger partial charge in [0.25, 0.3) is 0 Å². The summed E-state index contributed by atoms with van der Waals surface area (Å²) < 4.78 is 43.5. The van der Waals surface area contributed by atoms with Crippen LogP contribution in [-0.4, -0.2) is 19.9 Å². The van der Waals surface area contributed by atoms with Gasteiger partial charge in [-0.2, -0.15) is 13.2 Å². The average Bonchev–Trinajstić information content (AvgIpc) is 3.18. The molecule has 0 aliphatic heterocycles. The van der Waals surface area contributed by atoms with E-state index in [1.165, 1.54) is 12.1 Å². The quantitative estimate of drug-likeness (QED) is 0.490. The van der Waals surface area contributed by atoms with Gasteiger partial charge in [-0.15, -0.1) is 0 Å². The number of nitrogens with zero attached hydrogens (tertiary/aromatic N) is 4. The van der Waals surface area contributed by atoms with E-state index < -0.39 is 11.7 Å². The molecule has 0 aliphatic carbocycles. The Bertz CT molecular complexity index is 1140. The number of furan rings is 1. The minimum absolute atomic E-state index is 0.270. The minimum Gasteiger partial charge on any atom is -0.469 e. The fraction of sp³-hybridized carbons (Fsp3) is 0.143. The van der Waals surface area contributed by atoms with Gasteiger partial charge in [0.2, 0.25) is 5.95 Å². The molecule has 0 amide bonds. The van der Waals surface area contributed by atoms with Crippen LogP contribution < -0.4 is 5.32 Å². The number of alkyl halides is 3. The summed E-state index contributed by atoms with van der Waals surface area (Å²) in [5.74, 6) is 1.02. The van der Waals surface area contributed by atoms with E-state index in [-0.39, 0.29) is 6.54 Å². The van der Waals surface area contributed by atoms with E-state index in [0.717, 1.165) is 17.7 Å². The lowest BCUT2D eigenvalue weighted by atomic mass is 10.1. The number of aryl methyl sites for hydroxylation is 1. The fourth-order valence-corrected chi connectivity index (χ4v) is 2.92. The lowest BCUT2D eigenvalue weighted by Crippen LogP contribution is -2.07. The molecule has 6 nitrogen and oxygen atoms in total. The van der Waals surface area contributed by atoms with Crippen molar-refractivity contribution in [2.24, 2.45) is 0 Å². The standard InChI is InChI=1S/C21H16F3N5O/c1-13-16(6-9-30-13)19-17(18-12-25-7-8-26-18)11-28-20(29-19)27-10-14-2-4-15(5-3-14)21(22,23)24/h2-9,11-12H,10H2,1H3,(H,27,28,29). The Hall–Kier alpha value is -3.75. The van der Waals surface area contributed by atoms with Crippen LogP contribution in [0.2, 0.25) is 0 Å². The first kappa shape index (κ1) is 19.6. The van der Waals surface area contributed by atoms with Gasteiger partial charge in [0.1, 0.15) is 5.76 Å². The molecule has 4 rings (SSSR count). The molecule has 152 valence electrons. The molecular formula is C21H16F3N5O. The van der Waals surface area contributed by atoms with Crippen LogP contribution in [-0.2, 0) is 12.7 Å². The molecule has 0 saturated heterocycles. The number of anilines is 1. The highest BCUT2D eigenvalue weighted by Crippen LogP contribution is 2.32. The molecule has 0 fully saturated rings. The van der Waals surface area contributed by atoms with Crippen molar-refractivity contribution >= 4 is 5.95 Å². The number of rotatable bonds is 5. The van der Waals surface area contributed by atoms with Crippen LogP contribution in [0.15, 0.2) is 65.8 Å². The van der Waals surface area contributed by atoms with Crippen LogP contribution >= 0.6 is 0 Å². The Labute approximate surface area is 169 Å². The molecule has 0 aliphatic rings. The summed E-state index contributed by atoms with van der Waals surface area (Å²) in [7, 11) is 0. The largest absolute Gasteiger partial charge is 0.469 e. The van der Waals surface area contributed by atoms with Crippen molar-refractivity contribution in [1.29, 1.82) is 0 Å². The Kier molecular flexibility index (Phi) is 5.18. The molecular weight excluding hydrogens is 395 g/mol. The van der Waals surface area contributed by atoms with Gasteiger partial charge in [0.15, 0.2) is 0 Å². The van der Waals surface area contributed by atoms with Crippen molar-refractivity contribution in [3.63, 3.8) is 0 Å². The fourth-order valence-electron chi connectivity index (χ4n) is 2.92. The maximum atomic E-state index is 12.7. The maximum absolute atomic E-state index is 12.7. The van der Waals surface area contributed by atoms with Crippen LogP contribution in [0.1, 0.15) is 16.9 Å². The van der Waals surface area contributed by atoms with Crippen LogP contribution in [0.4, 0.5) is 19.1 Å². The molecule has 0 unspecified atom stereocenters. The van der Waals surface area contributed by atoms with Crippen molar-refractivity contribution in [3.8, 4) is 22.5 Å². The zero-order valence-corrected chi connectivity index (χ0v) is 15.8. The molecule has 0 radical (unpaired) electrons. The Morgan fingerprint density at radius 1 is 0.967 bits per heavy atom. The molecule has 0 bridgehead atoms. The molecule has 4 aromatic rings. The van der Waals surface area contributed by atoms with Crippen molar-refractivity contribution in [2.75, 3.05) is 5.32 Å². The van der Waals surface area contributed by atoms with E-state index in [0.29, 0.717) is 34.2 Å². The van der Waals surface area contributed by atoms with E-state index in [9.17, 15) is 13.2 Å². The lowest BCUT2D eigenvalue weighted by molar-refractivity contribution is -0.137. The van der Waals surface area contributed by atoms with E-state index in [4.69, 9.17) is 4.42 Å². The monoisotopic (exact) mass is 411 g/mol. The molecule has 1 aromatic carbocycles. The highest BCUT2D eigenvalue weighted by atomic mass is 19.4. The minimum atomic E-state index is -4.36. The van der Waals surface area contributed by atoms with Gasteiger partial charge in [-0.05, 0) is 30.7 Å². The van der Waals surface area contributed by atoms with Gasteiger partial charge in [-0.25, -0.2) is 9.97 Å². The van der Waals surface area contributed by atoms with Gasteiger partial charge >= 0.3 is 6.18 Å². The predicted molar refractivity (Wildman–Crippen MR) is 104 cm³/mol. The van der Waals surface area contributed by atoms with Gasteiger partial charge in [-0.3, -0.25) is 9.97 Å². The Balaban J connectivity index is 1.61. The smallest absolute Gasteiger partial charge is 0.416 e. The molecule has 3 heterocycles. The number of hydrogen-bond donors (Lipinski definition) is 1. The molecule has 9 heteroatoms. The van der Waals surface area contributed by atoms with Crippen LogP contribution in [0.5, 0.6) is 0 Å². The van der Waals surface area contributed by atoms with Gasteiger partial charge < -0.3 is 9.73 Å². The average molecular weight is 411 g/mol. The van der Waals surface area contributed by atoms with Crippen molar-refractivity contribution < 1.29 is 17.6 Å². The van der Waals surface area contributed by atoms with Crippen LogP contribution in [0.3, 0.4) is 0 Å². The number of aromatic nitrogens is 4. The number of benzene rings is 1. The summed E-state index contributed by atoms with van der Waals surface area (Å²) in [6.45, 7) is 2.10. The molecule has 0 spiro atoms. The predicted octanol–water partition coefficient (Wildman–Crippen LogP) is 5.13. The normalized spacial score (nSPS) is 11.5. The van der Waals surface area contributed by atoms with E-state index in [1.807, 2.05) is 6.92 Å². The summed E-state index contributed by atoms with van der Waals surface area (Å²) in [5.41, 5.74) is 2.69.